The number of amides is 1. The summed E-state index contributed by atoms with van der Waals surface area (Å²) in [6.07, 6.45) is 2.77. The third-order valence-corrected chi connectivity index (χ3v) is 3.08. The third kappa shape index (κ3) is 1.97. The SMILES string of the molecule is CC[C@@H]1CCN(C=O)[C@@H]1C(=O)C(C)C. The number of rotatable bonds is 4. The van der Waals surface area contributed by atoms with E-state index in [2.05, 4.69) is 6.92 Å². The van der Waals surface area contributed by atoms with Crippen molar-refractivity contribution in [1.29, 1.82) is 0 Å². The van der Waals surface area contributed by atoms with Crippen molar-refractivity contribution in [2.75, 3.05) is 6.54 Å². The van der Waals surface area contributed by atoms with E-state index in [0.29, 0.717) is 5.92 Å². The first kappa shape index (κ1) is 11.2. The Balaban J connectivity index is 2.78. The van der Waals surface area contributed by atoms with Crippen LogP contribution in [0.3, 0.4) is 0 Å². The van der Waals surface area contributed by atoms with Crippen molar-refractivity contribution in [3.05, 3.63) is 0 Å². The molecule has 1 aliphatic heterocycles. The van der Waals surface area contributed by atoms with Gasteiger partial charge in [0.05, 0.1) is 6.04 Å². The number of ketones is 1. The molecular weight excluding hydrogens is 178 g/mol. The Morgan fingerprint density at radius 3 is 2.64 bits per heavy atom. The Morgan fingerprint density at radius 1 is 1.57 bits per heavy atom. The Hall–Kier alpha value is -0.860. The van der Waals surface area contributed by atoms with Gasteiger partial charge >= 0.3 is 0 Å². The Bertz CT molecular complexity index is 225. The van der Waals surface area contributed by atoms with Crippen LogP contribution < -0.4 is 0 Å². The van der Waals surface area contributed by atoms with E-state index in [1.54, 1.807) is 4.90 Å². The molecule has 0 N–H and O–H groups in total. The second-order valence-electron chi connectivity index (χ2n) is 4.30. The van der Waals surface area contributed by atoms with E-state index in [1.807, 2.05) is 13.8 Å². The van der Waals surface area contributed by atoms with Gasteiger partial charge in [0, 0.05) is 12.5 Å². The maximum Gasteiger partial charge on any atom is 0.210 e. The highest BCUT2D eigenvalue weighted by Crippen LogP contribution is 2.28. The van der Waals surface area contributed by atoms with Crippen LogP contribution in [-0.2, 0) is 9.59 Å². The molecule has 0 aromatic heterocycles. The molecule has 80 valence electrons. The fourth-order valence-corrected chi connectivity index (χ4v) is 2.17. The van der Waals surface area contributed by atoms with E-state index >= 15 is 0 Å². The molecule has 0 saturated carbocycles. The van der Waals surface area contributed by atoms with Gasteiger partial charge in [-0.1, -0.05) is 27.2 Å². The molecule has 3 nitrogen and oxygen atoms in total. The van der Waals surface area contributed by atoms with Gasteiger partial charge in [-0.2, -0.15) is 0 Å². The second-order valence-corrected chi connectivity index (χ2v) is 4.30. The van der Waals surface area contributed by atoms with Gasteiger partial charge < -0.3 is 4.90 Å². The average Bonchev–Trinajstić information content (AvgIpc) is 2.58. The number of hydrogen-bond acceptors (Lipinski definition) is 2. The molecule has 0 aliphatic carbocycles. The average molecular weight is 197 g/mol. The van der Waals surface area contributed by atoms with E-state index in [1.165, 1.54) is 0 Å². The van der Waals surface area contributed by atoms with Gasteiger partial charge in [0.1, 0.15) is 0 Å². The van der Waals surface area contributed by atoms with Crippen LogP contribution in [0.2, 0.25) is 0 Å². The van der Waals surface area contributed by atoms with Crippen LogP contribution in [0, 0.1) is 11.8 Å². The Kier molecular flexibility index (Phi) is 3.67. The normalized spacial score (nSPS) is 27.0. The number of hydrogen-bond donors (Lipinski definition) is 0. The van der Waals surface area contributed by atoms with Crippen LogP contribution in [0.25, 0.3) is 0 Å². The fourth-order valence-electron chi connectivity index (χ4n) is 2.17. The molecule has 1 fully saturated rings. The van der Waals surface area contributed by atoms with Crippen LogP contribution >= 0.6 is 0 Å². The predicted molar refractivity (Wildman–Crippen MR) is 54.8 cm³/mol. The molecular formula is C11H19NO2. The molecule has 0 aromatic carbocycles. The molecule has 1 amide bonds. The van der Waals surface area contributed by atoms with Crippen LogP contribution in [-0.4, -0.2) is 29.7 Å². The number of likely N-dealkylation sites (tertiary alicyclic amines) is 1. The van der Waals surface area contributed by atoms with Gasteiger partial charge in [-0.15, -0.1) is 0 Å². The van der Waals surface area contributed by atoms with Gasteiger partial charge in [-0.25, -0.2) is 0 Å². The standard InChI is InChI=1S/C11H19NO2/c1-4-9-5-6-12(7-13)10(9)11(14)8(2)3/h7-10H,4-6H2,1-3H3/t9-,10+/m1/s1. The summed E-state index contributed by atoms with van der Waals surface area (Å²) >= 11 is 0. The van der Waals surface area contributed by atoms with Crippen molar-refractivity contribution in [1.82, 2.24) is 4.90 Å². The summed E-state index contributed by atoms with van der Waals surface area (Å²) in [5.74, 6) is 0.603. The Labute approximate surface area is 85.5 Å². The van der Waals surface area contributed by atoms with Crippen LogP contribution in [0.1, 0.15) is 33.6 Å². The minimum atomic E-state index is -0.155. The Morgan fingerprint density at radius 2 is 2.21 bits per heavy atom. The zero-order valence-corrected chi connectivity index (χ0v) is 9.19. The third-order valence-electron chi connectivity index (χ3n) is 3.08. The van der Waals surface area contributed by atoms with Gasteiger partial charge in [0.15, 0.2) is 5.78 Å². The van der Waals surface area contributed by atoms with Gasteiger partial charge in [0.25, 0.3) is 0 Å². The molecule has 1 saturated heterocycles. The molecule has 3 heteroatoms. The first-order valence-corrected chi connectivity index (χ1v) is 5.36. The number of nitrogens with zero attached hydrogens (tertiary/aromatic N) is 1. The molecule has 1 rings (SSSR count). The number of carbonyl (C=O) groups excluding carboxylic acids is 2. The number of Topliss-reactive ketones (excluding diaryl/α,β-unsaturated/α-hetero) is 1. The molecule has 0 bridgehead atoms. The van der Waals surface area contributed by atoms with Crippen LogP contribution in [0.4, 0.5) is 0 Å². The van der Waals surface area contributed by atoms with E-state index in [9.17, 15) is 9.59 Å². The van der Waals surface area contributed by atoms with Crippen molar-refractivity contribution in [3.8, 4) is 0 Å². The van der Waals surface area contributed by atoms with Crippen molar-refractivity contribution >= 4 is 12.2 Å². The minimum absolute atomic E-state index is 0.0228. The first-order chi connectivity index (χ1) is 6.61. The fraction of sp³-hybridized carbons (Fsp3) is 0.818. The lowest BCUT2D eigenvalue weighted by Gasteiger charge is -2.24. The van der Waals surface area contributed by atoms with Crippen molar-refractivity contribution in [3.63, 3.8) is 0 Å². The molecule has 1 aliphatic rings. The van der Waals surface area contributed by atoms with E-state index in [4.69, 9.17) is 0 Å². The molecule has 14 heavy (non-hydrogen) atoms. The molecule has 0 unspecified atom stereocenters. The topological polar surface area (TPSA) is 37.4 Å². The maximum atomic E-state index is 11.9. The predicted octanol–water partition coefficient (Wildman–Crippen LogP) is 1.47. The summed E-state index contributed by atoms with van der Waals surface area (Å²) in [5.41, 5.74) is 0. The van der Waals surface area contributed by atoms with Crippen LogP contribution in [0.15, 0.2) is 0 Å². The summed E-state index contributed by atoms with van der Waals surface area (Å²) in [5, 5.41) is 0. The second kappa shape index (κ2) is 4.58. The molecule has 0 spiro atoms. The summed E-state index contributed by atoms with van der Waals surface area (Å²) in [6.45, 7) is 6.62. The van der Waals surface area contributed by atoms with Gasteiger partial charge in [0.2, 0.25) is 6.41 Å². The molecule has 0 radical (unpaired) electrons. The highest BCUT2D eigenvalue weighted by Gasteiger charge is 2.37. The quantitative estimate of drug-likeness (QED) is 0.640. The molecule has 2 atom stereocenters. The molecule has 1 heterocycles. The first-order valence-electron chi connectivity index (χ1n) is 5.36. The van der Waals surface area contributed by atoms with Crippen molar-refractivity contribution in [2.24, 2.45) is 11.8 Å². The smallest absolute Gasteiger partial charge is 0.210 e. The van der Waals surface area contributed by atoms with Gasteiger partial charge in [-0.05, 0) is 12.3 Å². The largest absolute Gasteiger partial charge is 0.335 e. The van der Waals surface area contributed by atoms with Crippen molar-refractivity contribution in [2.45, 2.75) is 39.7 Å². The molecule has 0 aromatic rings. The lowest BCUT2D eigenvalue weighted by Crippen LogP contribution is -2.40. The summed E-state index contributed by atoms with van der Waals surface area (Å²) in [4.78, 5) is 24.3. The summed E-state index contributed by atoms with van der Waals surface area (Å²) in [7, 11) is 0. The van der Waals surface area contributed by atoms with E-state index in [-0.39, 0.29) is 17.7 Å². The summed E-state index contributed by atoms with van der Waals surface area (Å²) < 4.78 is 0. The van der Waals surface area contributed by atoms with E-state index in [0.717, 1.165) is 25.8 Å². The summed E-state index contributed by atoms with van der Waals surface area (Å²) in [6, 6.07) is -0.155. The zero-order valence-electron chi connectivity index (χ0n) is 9.19. The van der Waals surface area contributed by atoms with Gasteiger partial charge in [-0.3, -0.25) is 9.59 Å². The highest BCUT2D eigenvalue weighted by atomic mass is 16.1. The minimum Gasteiger partial charge on any atom is -0.335 e. The lowest BCUT2D eigenvalue weighted by atomic mass is 9.90. The highest BCUT2D eigenvalue weighted by molar-refractivity contribution is 5.88. The monoisotopic (exact) mass is 197 g/mol. The van der Waals surface area contributed by atoms with Crippen LogP contribution in [0.5, 0.6) is 0 Å². The van der Waals surface area contributed by atoms with Crippen molar-refractivity contribution < 1.29 is 9.59 Å². The number of carbonyl (C=O) groups is 2. The zero-order chi connectivity index (χ0) is 10.7. The maximum absolute atomic E-state index is 11.9. The van der Waals surface area contributed by atoms with E-state index < -0.39 is 0 Å². The lowest BCUT2D eigenvalue weighted by molar-refractivity contribution is -0.132.